The molecule has 0 rings (SSSR count). The maximum Gasteiger partial charge on any atom is 0.305 e. The Labute approximate surface area is 118 Å². The number of hydrogen-bond acceptors (Lipinski definition) is 2. The average Bonchev–Trinajstić information content (AvgIpc) is 2.41. The molecule has 19 heavy (non-hydrogen) atoms. The van der Waals surface area contributed by atoms with E-state index in [0.29, 0.717) is 13.0 Å². The second-order valence-corrected chi connectivity index (χ2v) is 4.86. The van der Waals surface area contributed by atoms with E-state index in [-0.39, 0.29) is 5.97 Å². The summed E-state index contributed by atoms with van der Waals surface area (Å²) in [6, 6.07) is 0. The molecule has 0 saturated carbocycles. The molecule has 0 spiro atoms. The minimum absolute atomic E-state index is 0.0476. The molecule has 0 saturated heterocycles. The van der Waals surface area contributed by atoms with Crippen LogP contribution < -0.4 is 0 Å². The van der Waals surface area contributed by atoms with Crippen molar-refractivity contribution in [3.8, 4) is 0 Å². The first-order valence-electron chi connectivity index (χ1n) is 7.72. The zero-order valence-corrected chi connectivity index (χ0v) is 12.5. The number of unbranched alkanes of at least 4 members (excludes halogenated alkanes) is 6. The summed E-state index contributed by atoms with van der Waals surface area (Å²) in [5, 5.41) is 0. The standard InChI is InChI=1S/C17H30O2/c1-3-5-7-9-10-11-12-13-15-17(18)19-16-14-8-6-4-2/h4,9-10H,2-3,5-8,11-16H2,1H3/b10-9+. The number of rotatable bonds is 13. The van der Waals surface area contributed by atoms with Crippen LogP contribution in [0.3, 0.4) is 0 Å². The lowest BCUT2D eigenvalue weighted by Gasteiger charge is -2.03. The molecule has 0 N–H and O–H groups in total. The molecular formula is C17H30O2. The van der Waals surface area contributed by atoms with Crippen molar-refractivity contribution < 1.29 is 9.53 Å². The molecule has 0 radical (unpaired) electrons. The van der Waals surface area contributed by atoms with Crippen LogP contribution in [0.4, 0.5) is 0 Å². The van der Waals surface area contributed by atoms with Gasteiger partial charge in [-0.15, -0.1) is 6.58 Å². The zero-order chi connectivity index (χ0) is 14.2. The van der Waals surface area contributed by atoms with E-state index in [1.54, 1.807) is 0 Å². The van der Waals surface area contributed by atoms with Crippen LogP contribution in [0, 0.1) is 0 Å². The molecule has 2 nitrogen and oxygen atoms in total. The monoisotopic (exact) mass is 266 g/mol. The smallest absolute Gasteiger partial charge is 0.305 e. The van der Waals surface area contributed by atoms with Crippen LogP contribution in [0.25, 0.3) is 0 Å². The number of hydrogen-bond donors (Lipinski definition) is 0. The van der Waals surface area contributed by atoms with Crippen molar-refractivity contribution in [1.82, 2.24) is 0 Å². The van der Waals surface area contributed by atoms with Crippen molar-refractivity contribution in [3.63, 3.8) is 0 Å². The number of carbonyl (C=O) groups excluding carboxylic acids is 1. The Hall–Kier alpha value is -1.05. The first kappa shape index (κ1) is 17.9. The van der Waals surface area contributed by atoms with Crippen LogP contribution in [0.1, 0.15) is 71.1 Å². The topological polar surface area (TPSA) is 26.3 Å². The summed E-state index contributed by atoms with van der Waals surface area (Å²) in [6.45, 7) is 6.43. The van der Waals surface area contributed by atoms with Gasteiger partial charge in [0.15, 0.2) is 0 Å². The van der Waals surface area contributed by atoms with Gasteiger partial charge in [0.05, 0.1) is 6.61 Å². The molecule has 0 aliphatic rings. The van der Waals surface area contributed by atoms with Gasteiger partial charge in [-0.05, 0) is 44.9 Å². The Kier molecular flexibility index (Phi) is 14.2. The minimum atomic E-state index is -0.0476. The maximum absolute atomic E-state index is 11.4. The molecule has 0 aromatic carbocycles. The van der Waals surface area contributed by atoms with Crippen molar-refractivity contribution in [1.29, 1.82) is 0 Å². The molecule has 2 heteroatoms. The summed E-state index contributed by atoms with van der Waals surface area (Å²) in [5.74, 6) is -0.0476. The zero-order valence-electron chi connectivity index (χ0n) is 12.5. The van der Waals surface area contributed by atoms with Gasteiger partial charge in [0.2, 0.25) is 0 Å². The number of carbonyl (C=O) groups is 1. The molecule has 0 fully saturated rings. The highest BCUT2D eigenvalue weighted by Gasteiger charge is 2.01. The van der Waals surface area contributed by atoms with Crippen LogP contribution in [0.15, 0.2) is 24.8 Å². The van der Waals surface area contributed by atoms with Gasteiger partial charge in [-0.1, -0.05) is 38.0 Å². The summed E-state index contributed by atoms with van der Waals surface area (Å²) in [5.41, 5.74) is 0. The molecule has 0 aliphatic carbocycles. The average molecular weight is 266 g/mol. The summed E-state index contributed by atoms with van der Waals surface area (Å²) in [4.78, 5) is 11.4. The van der Waals surface area contributed by atoms with Crippen LogP contribution >= 0.6 is 0 Å². The largest absolute Gasteiger partial charge is 0.466 e. The van der Waals surface area contributed by atoms with Crippen LogP contribution in [-0.2, 0) is 9.53 Å². The normalized spacial score (nSPS) is 10.8. The van der Waals surface area contributed by atoms with Crippen LogP contribution in [-0.4, -0.2) is 12.6 Å². The third-order valence-electron chi connectivity index (χ3n) is 2.96. The van der Waals surface area contributed by atoms with E-state index in [0.717, 1.165) is 38.5 Å². The van der Waals surface area contributed by atoms with Crippen molar-refractivity contribution in [2.75, 3.05) is 6.61 Å². The molecule has 0 aromatic heterocycles. The molecule has 0 aliphatic heterocycles. The van der Waals surface area contributed by atoms with Gasteiger partial charge in [0, 0.05) is 6.42 Å². The van der Waals surface area contributed by atoms with E-state index in [1.165, 1.54) is 19.3 Å². The summed E-state index contributed by atoms with van der Waals surface area (Å²) < 4.78 is 5.16. The van der Waals surface area contributed by atoms with Crippen molar-refractivity contribution >= 4 is 5.97 Å². The molecule has 0 heterocycles. The van der Waals surface area contributed by atoms with E-state index in [2.05, 4.69) is 25.7 Å². The van der Waals surface area contributed by atoms with Gasteiger partial charge in [-0.2, -0.15) is 0 Å². The molecule has 0 amide bonds. The van der Waals surface area contributed by atoms with Gasteiger partial charge < -0.3 is 4.74 Å². The molecule has 0 atom stereocenters. The fourth-order valence-electron chi connectivity index (χ4n) is 1.74. The highest BCUT2D eigenvalue weighted by molar-refractivity contribution is 5.69. The van der Waals surface area contributed by atoms with Crippen molar-refractivity contribution in [2.24, 2.45) is 0 Å². The molecule has 0 aromatic rings. The number of allylic oxidation sites excluding steroid dienone is 3. The lowest BCUT2D eigenvalue weighted by Crippen LogP contribution is -2.05. The minimum Gasteiger partial charge on any atom is -0.466 e. The third kappa shape index (κ3) is 14.9. The van der Waals surface area contributed by atoms with E-state index < -0.39 is 0 Å². The summed E-state index contributed by atoms with van der Waals surface area (Å²) in [7, 11) is 0. The Morgan fingerprint density at radius 1 is 1.00 bits per heavy atom. The Balaban J connectivity index is 3.24. The first-order chi connectivity index (χ1) is 9.31. The molecule has 0 unspecified atom stereocenters. The van der Waals surface area contributed by atoms with Crippen LogP contribution in [0.2, 0.25) is 0 Å². The summed E-state index contributed by atoms with van der Waals surface area (Å²) >= 11 is 0. The SMILES string of the molecule is C=CCCCCOC(=O)CCCC/C=C/CCCC. The Morgan fingerprint density at radius 2 is 1.68 bits per heavy atom. The summed E-state index contributed by atoms with van der Waals surface area (Å²) in [6.07, 6.45) is 16.7. The van der Waals surface area contributed by atoms with E-state index in [4.69, 9.17) is 4.74 Å². The van der Waals surface area contributed by atoms with Crippen LogP contribution in [0.5, 0.6) is 0 Å². The van der Waals surface area contributed by atoms with Gasteiger partial charge in [-0.25, -0.2) is 0 Å². The fourth-order valence-corrected chi connectivity index (χ4v) is 1.74. The van der Waals surface area contributed by atoms with Crippen molar-refractivity contribution in [3.05, 3.63) is 24.8 Å². The first-order valence-corrected chi connectivity index (χ1v) is 7.72. The predicted molar refractivity (Wildman–Crippen MR) is 82.1 cm³/mol. The highest BCUT2D eigenvalue weighted by atomic mass is 16.5. The quantitative estimate of drug-likeness (QED) is 0.260. The Bertz CT molecular complexity index is 244. The Morgan fingerprint density at radius 3 is 2.37 bits per heavy atom. The van der Waals surface area contributed by atoms with E-state index >= 15 is 0 Å². The second kappa shape index (κ2) is 15.0. The highest BCUT2D eigenvalue weighted by Crippen LogP contribution is 2.04. The fraction of sp³-hybridized carbons (Fsp3) is 0.706. The predicted octanol–water partition coefficient (Wildman–Crippen LogP) is 5.19. The van der Waals surface area contributed by atoms with E-state index in [1.807, 2.05) is 6.08 Å². The van der Waals surface area contributed by atoms with Gasteiger partial charge >= 0.3 is 5.97 Å². The molecule has 0 bridgehead atoms. The third-order valence-corrected chi connectivity index (χ3v) is 2.96. The number of ether oxygens (including phenoxy) is 1. The lowest BCUT2D eigenvalue weighted by atomic mass is 10.1. The molecule has 110 valence electrons. The van der Waals surface area contributed by atoms with Crippen molar-refractivity contribution in [2.45, 2.75) is 71.1 Å². The lowest BCUT2D eigenvalue weighted by molar-refractivity contribution is -0.143. The van der Waals surface area contributed by atoms with E-state index in [9.17, 15) is 4.79 Å². The van der Waals surface area contributed by atoms with Gasteiger partial charge in [-0.3, -0.25) is 4.79 Å². The second-order valence-electron chi connectivity index (χ2n) is 4.86. The molecular weight excluding hydrogens is 236 g/mol. The maximum atomic E-state index is 11.4. The number of esters is 1. The van der Waals surface area contributed by atoms with Gasteiger partial charge in [0.1, 0.15) is 0 Å². The van der Waals surface area contributed by atoms with Gasteiger partial charge in [0.25, 0.3) is 0 Å².